The number of Topliss-reactive ketones (excluding diaryl/α,β-unsaturated/α-hetero) is 1. The van der Waals surface area contributed by atoms with Crippen molar-refractivity contribution in [3.63, 3.8) is 0 Å². The third-order valence-corrected chi connectivity index (χ3v) is 3.98. The fourth-order valence-corrected chi connectivity index (χ4v) is 2.52. The monoisotopic (exact) mass is 316 g/mol. The van der Waals surface area contributed by atoms with Crippen LogP contribution in [-0.2, 0) is 0 Å². The normalized spacial score (nSPS) is 10.3. The maximum Gasteiger partial charge on any atom is 0.177 e. The number of carbonyl (C=O) groups excluding carboxylic acids is 1. The van der Waals surface area contributed by atoms with E-state index < -0.39 is 0 Å². The standard InChI is InChI=1S/C17H20N2O2S/c1-19(2)14-6-4-13(5-7-14)17(20)12-18-22-16-10-8-15(21-3)9-11-16/h4-11,18H,12H2,1-3H3. The Morgan fingerprint density at radius 3 is 2.27 bits per heavy atom. The number of carbonyl (C=O) groups is 1. The summed E-state index contributed by atoms with van der Waals surface area (Å²) in [4.78, 5) is 15.2. The first-order valence-corrected chi connectivity index (χ1v) is 7.76. The Kier molecular flexibility index (Phi) is 5.86. The molecule has 0 bridgehead atoms. The van der Waals surface area contributed by atoms with Gasteiger partial charge in [-0.2, -0.15) is 0 Å². The van der Waals surface area contributed by atoms with Gasteiger partial charge in [0.1, 0.15) is 5.75 Å². The van der Waals surface area contributed by atoms with Crippen molar-refractivity contribution in [1.29, 1.82) is 0 Å². The maximum absolute atomic E-state index is 12.1. The predicted molar refractivity (Wildman–Crippen MR) is 92.0 cm³/mol. The minimum atomic E-state index is 0.0753. The first-order valence-electron chi connectivity index (χ1n) is 6.94. The lowest BCUT2D eigenvalue weighted by Crippen LogP contribution is -2.17. The van der Waals surface area contributed by atoms with Gasteiger partial charge in [0, 0.05) is 30.2 Å². The number of ether oxygens (including phenoxy) is 1. The quantitative estimate of drug-likeness (QED) is 0.627. The second kappa shape index (κ2) is 7.87. The van der Waals surface area contributed by atoms with E-state index in [1.807, 2.05) is 67.5 Å². The maximum atomic E-state index is 12.1. The molecule has 0 unspecified atom stereocenters. The minimum Gasteiger partial charge on any atom is -0.497 e. The third-order valence-electron chi connectivity index (χ3n) is 3.19. The highest BCUT2D eigenvalue weighted by molar-refractivity contribution is 7.97. The molecule has 1 N–H and O–H groups in total. The molecule has 0 fully saturated rings. The van der Waals surface area contributed by atoms with Crippen molar-refractivity contribution in [2.75, 3.05) is 32.6 Å². The minimum absolute atomic E-state index is 0.0753. The summed E-state index contributed by atoms with van der Waals surface area (Å²) in [6.07, 6.45) is 0. The number of benzene rings is 2. The summed E-state index contributed by atoms with van der Waals surface area (Å²) >= 11 is 1.44. The van der Waals surface area contributed by atoms with E-state index in [0.717, 1.165) is 16.3 Å². The summed E-state index contributed by atoms with van der Waals surface area (Å²) in [6, 6.07) is 15.3. The molecule has 0 saturated heterocycles. The van der Waals surface area contributed by atoms with Gasteiger partial charge in [-0.25, -0.2) is 0 Å². The van der Waals surface area contributed by atoms with E-state index in [2.05, 4.69) is 4.72 Å². The van der Waals surface area contributed by atoms with Crippen molar-refractivity contribution in [1.82, 2.24) is 4.72 Å². The molecule has 0 aliphatic rings. The van der Waals surface area contributed by atoms with Crippen LogP contribution in [0.4, 0.5) is 5.69 Å². The fourth-order valence-electron chi connectivity index (χ4n) is 1.88. The Morgan fingerprint density at radius 2 is 1.73 bits per heavy atom. The van der Waals surface area contributed by atoms with Gasteiger partial charge in [0.2, 0.25) is 0 Å². The molecule has 0 amide bonds. The molecule has 2 aromatic carbocycles. The molecule has 0 aliphatic carbocycles. The predicted octanol–water partition coefficient (Wildman–Crippen LogP) is 3.24. The van der Waals surface area contributed by atoms with Gasteiger partial charge in [-0.1, -0.05) is 0 Å². The molecule has 2 aromatic rings. The molecule has 4 nitrogen and oxygen atoms in total. The Labute approximate surface area is 135 Å². The average molecular weight is 316 g/mol. The van der Waals surface area contributed by atoms with Crippen LogP contribution in [0.5, 0.6) is 5.75 Å². The molecule has 0 radical (unpaired) electrons. The van der Waals surface area contributed by atoms with Gasteiger partial charge < -0.3 is 9.64 Å². The topological polar surface area (TPSA) is 41.6 Å². The van der Waals surface area contributed by atoms with E-state index in [1.54, 1.807) is 7.11 Å². The number of anilines is 1. The van der Waals surface area contributed by atoms with Crippen molar-refractivity contribution in [2.45, 2.75) is 4.90 Å². The second-order valence-corrected chi connectivity index (χ2v) is 5.93. The zero-order chi connectivity index (χ0) is 15.9. The average Bonchev–Trinajstić information content (AvgIpc) is 2.55. The largest absolute Gasteiger partial charge is 0.497 e. The van der Waals surface area contributed by atoms with Crippen molar-refractivity contribution >= 4 is 23.4 Å². The molecule has 0 aromatic heterocycles. The highest BCUT2D eigenvalue weighted by atomic mass is 32.2. The van der Waals surface area contributed by atoms with E-state index in [1.165, 1.54) is 11.9 Å². The molecule has 0 heterocycles. The van der Waals surface area contributed by atoms with Crippen LogP contribution in [0.1, 0.15) is 10.4 Å². The summed E-state index contributed by atoms with van der Waals surface area (Å²) in [5.74, 6) is 0.896. The summed E-state index contributed by atoms with van der Waals surface area (Å²) in [7, 11) is 5.59. The lowest BCUT2D eigenvalue weighted by atomic mass is 10.1. The first-order chi connectivity index (χ1) is 10.6. The summed E-state index contributed by atoms with van der Waals surface area (Å²) in [6.45, 7) is 0.290. The van der Waals surface area contributed by atoms with Gasteiger partial charge in [0.05, 0.1) is 13.7 Å². The Bertz CT molecular complexity index is 610. The van der Waals surface area contributed by atoms with Crippen LogP contribution in [0.3, 0.4) is 0 Å². The van der Waals surface area contributed by atoms with Crippen LogP contribution >= 0.6 is 11.9 Å². The van der Waals surface area contributed by atoms with Crippen LogP contribution in [0.15, 0.2) is 53.4 Å². The molecular formula is C17H20N2O2S. The number of nitrogens with zero attached hydrogens (tertiary/aromatic N) is 1. The highest BCUT2D eigenvalue weighted by Crippen LogP contribution is 2.19. The van der Waals surface area contributed by atoms with Gasteiger partial charge in [-0.05, 0) is 60.5 Å². The van der Waals surface area contributed by atoms with E-state index in [0.29, 0.717) is 5.56 Å². The zero-order valence-electron chi connectivity index (χ0n) is 13.0. The molecule has 0 saturated carbocycles. The first kappa shape index (κ1) is 16.4. The molecule has 22 heavy (non-hydrogen) atoms. The highest BCUT2D eigenvalue weighted by Gasteiger charge is 2.06. The lowest BCUT2D eigenvalue weighted by Gasteiger charge is -2.12. The Morgan fingerprint density at radius 1 is 1.09 bits per heavy atom. The van der Waals surface area contributed by atoms with E-state index in [-0.39, 0.29) is 12.3 Å². The number of nitrogens with one attached hydrogen (secondary N) is 1. The molecule has 0 spiro atoms. The number of methoxy groups -OCH3 is 1. The fraction of sp³-hybridized carbons (Fsp3) is 0.235. The molecule has 116 valence electrons. The number of rotatable bonds is 7. The molecule has 0 aliphatic heterocycles. The smallest absolute Gasteiger partial charge is 0.177 e. The van der Waals surface area contributed by atoms with Crippen molar-refractivity contribution in [2.24, 2.45) is 0 Å². The van der Waals surface area contributed by atoms with Gasteiger partial charge in [-0.15, -0.1) is 0 Å². The molecular weight excluding hydrogens is 296 g/mol. The molecule has 0 atom stereocenters. The number of ketones is 1. The Hall–Kier alpha value is -1.98. The van der Waals surface area contributed by atoms with Gasteiger partial charge >= 0.3 is 0 Å². The molecule has 5 heteroatoms. The summed E-state index contributed by atoms with van der Waals surface area (Å²) in [5, 5.41) is 0. The SMILES string of the molecule is COc1ccc(SNCC(=O)c2ccc(N(C)C)cc2)cc1. The van der Waals surface area contributed by atoms with Crippen LogP contribution < -0.4 is 14.4 Å². The second-order valence-electron chi connectivity index (χ2n) is 4.96. The number of hydrogen-bond donors (Lipinski definition) is 1. The van der Waals surface area contributed by atoms with Gasteiger partial charge in [0.25, 0.3) is 0 Å². The van der Waals surface area contributed by atoms with Crippen LogP contribution in [0, 0.1) is 0 Å². The van der Waals surface area contributed by atoms with Crippen LogP contribution in [0.25, 0.3) is 0 Å². The molecule has 2 rings (SSSR count). The lowest BCUT2D eigenvalue weighted by molar-refractivity contribution is 0.0998. The van der Waals surface area contributed by atoms with Gasteiger partial charge in [0.15, 0.2) is 5.78 Å². The zero-order valence-corrected chi connectivity index (χ0v) is 13.8. The Balaban J connectivity index is 1.84. The van der Waals surface area contributed by atoms with E-state index >= 15 is 0 Å². The number of hydrogen-bond acceptors (Lipinski definition) is 5. The van der Waals surface area contributed by atoms with E-state index in [4.69, 9.17) is 4.74 Å². The van der Waals surface area contributed by atoms with Crippen molar-refractivity contribution in [3.05, 3.63) is 54.1 Å². The summed E-state index contributed by atoms with van der Waals surface area (Å²) in [5.41, 5.74) is 1.80. The van der Waals surface area contributed by atoms with Crippen LogP contribution in [-0.4, -0.2) is 33.5 Å². The van der Waals surface area contributed by atoms with Crippen LogP contribution in [0.2, 0.25) is 0 Å². The van der Waals surface area contributed by atoms with Crippen molar-refractivity contribution in [3.8, 4) is 5.75 Å². The van der Waals surface area contributed by atoms with Gasteiger partial charge in [-0.3, -0.25) is 9.52 Å². The third kappa shape index (κ3) is 4.51. The summed E-state index contributed by atoms with van der Waals surface area (Å²) < 4.78 is 8.20. The van der Waals surface area contributed by atoms with E-state index in [9.17, 15) is 4.79 Å². The van der Waals surface area contributed by atoms with Crippen molar-refractivity contribution < 1.29 is 9.53 Å².